The molecule has 0 spiro atoms. The summed E-state index contributed by atoms with van der Waals surface area (Å²) in [5.74, 6) is 0.638. The van der Waals surface area contributed by atoms with Gasteiger partial charge in [0.1, 0.15) is 18.6 Å². The number of anilines is 2. The van der Waals surface area contributed by atoms with E-state index in [1.54, 1.807) is 20.2 Å². The van der Waals surface area contributed by atoms with E-state index in [0.717, 1.165) is 0 Å². The molecule has 0 unspecified atom stereocenters. The zero-order chi connectivity index (χ0) is 13.8. The molecule has 2 N–H and O–H groups in total. The lowest BCUT2D eigenvalue weighted by atomic mass is 10.2. The van der Waals surface area contributed by atoms with Gasteiger partial charge in [0.2, 0.25) is 11.9 Å². The minimum Gasteiger partial charge on any atom is -0.495 e. The van der Waals surface area contributed by atoms with E-state index in [9.17, 15) is 4.79 Å². The molecule has 0 fully saturated rings. The zero-order valence-electron chi connectivity index (χ0n) is 10.8. The molecule has 1 heterocycles. The molecule has 0 aliphatic carbocycles. The number of ether oxygens (including phenoxy) is 1. The Balaban J connectivity index is 2.14. The van der Waals surface area contributed by atoms with Crippen LogP contribution in [-0.4, -0.2) is 34.8 Å². The summed E-state index contributed by atoms with van der Waals surface area (Å²) < 4.78 is 6.61. The molecule has 0 saturated heterocycles. The summed E-state index contributed by atoms with van der Waals surface area (Å²) >= 11 is 0. The Morgan fingerprint density at radius 3 is 2.84 bits per heavy atom. The predicted molar refractivity (Wildman–Crippen MR) is 70.8 cm³/mol. The molecule has 7 nitrogen and oxygen atoms in total. The highest BCUT2D eigenvalue weighted by Gasteiger charge is 2.15. The monoisotopic (exact) mass is 261 g/mol. The Morgan fingerprint density at radius 2 is 2.21 bits per heavy atom. The molecule has 100 valence electrons. The second-order valence-electron chi connectivity index (χ2n) is 3.92. The van der Waals surface area contributed by atoms with Gasteiger partial charge in [-0.3, -0.25) is 4.79 Å². The second kappa shape index (κ2) is 5.38. The lowest BCUT2D eigenvalue weighted by Gasteiger charge is -2.19. The number of para-hydroxylation sites is 2. The van der Waals surface area contributed by atoms with Crippen LogP contribution in [0.4, 0.5) is 11.6 Å². The average molecular weight is 261 g/mol. The first-order valence-corrected chi connectivity index (χ1v) is 5.66. The summed E-state index contributed by atoms with van der Waals surface area (Å²) in [6, 6.07) is 7.30. The van der Waals surface area contributed by atoms with Crippen LogP contribution in [0.15, 0.2) is 30.6 Å². The van der Waals surface area contributed by atoms with E-state index in [1.165, 1.54) is 15.9 Å². The number of carbonyl (C=O) groups is 1. The van der Waals surface area contributed by atoms with Crippen molar-refractivity contribution in [2.75, 3.05) is 24.8 Å². The zero-order valence-corrected chi connectivity index (χ0v) is 10.8. The Kier molecular flexibility index (Phi) is 3.65. The molecule has 0 saturated carbocycles. The standard InChI is InChI=1S/C12H15N5O2/c1-16(9-5-3-4-6-10(9)19-2)11(18)7-17-8-14-12(13)15-17/h3-6,8H,7H2,1-2H3,(H2,13,15). The molecule has 2 aromatic rings. The van der Waals surface area contributed by atoms with Crippen molar-refractivity contribution in [2.45, 2.75) is 6.54 Å². The Bertz CT molecular complexity index is 581. The van der Waals surface area contributed by atoms with Crippen molar-refractivity contribution in [3.63, 3.8) is 0 Å². The fraction of sp³-hybridized carbons (Fsp3) is 0.250. The highest BCUT2D eigenvalue weighted by Crippen LogP contribution is 2.26. The maximum atomic E-state index is 12.1. The molecule has 1 amide bonds. The Hall–Kier alpha value is -2.57. The molecule has 0 radical (unpaired) electrons. The molecular formula is C12H15N5O2. The van der Waals surface area contributed by atoms with Crippen LogP contribution in [0.3, 0.4) is 0 Å². The van der Waals surface area contributed by atoms with Gasteiger partial charge in [0, 0.05) is 7.05 Å². The minimum absolute atomic E-state index is 0.0682. The lowest BCUT2D eigenvalue weighted by Crippen LogP contribution is -2.30. The van der Waals surface area contributed by atoms with E-state index < -0.39 is 0 Å². The summed E-state index contributed by atoms with van der Waals surface area (Å²) in [6.07, 6.45) is 1.42. The summed E-state index contributed by atoms with van der Waals surface area (Å²) in [5.41, 5.74) is 6.10. The third-order valence-corrected chi connectivity index (χ3v) is 2.67. The van der Waals surface area contributed by atoms with Crippen LogP contribution in [0.25, 0.3) is 0 Å². The van der Waals surface area contributed by atoms with Gasteiger partial charge < -0.3 is 15.4 Å². The van der Waals surface area contributed by atoms with E-state index in [4.69, 9.17) is 10.5 Å². The van der Waals surface area contributed by atoms with Crippen LogP contribution in [0.2, 0.25) is 0 Å². The lowest BCUT2D eigenvalue weighted by molar-refractivity contribution is -0.119. The van der Waals surface area contributed by atoms with Crippen molar-refractivity contribution in [1.29, 1.82) is 0 Å². The number of hydrogen-bond acceptors (Lipinski definition) is 5. The number of methoxy groups -OCH3 is 1. The van der Waals surface area contributed by atoms with Crippen LogP contribution >= 0.6 is 0 Å². The molecule has 0 aliphatic rings. The number of likely N-dealkylation sites (N-methyl/N-ethyl adjacent to an activating group) is 1. The maximum Gasteiger partial charge on any atom is 0.248 e. The molecule has 19 heavy (non-hydrogen) atoms. The quantitative estimate of drug-likeness (QED) is 0.867. The Morgan fingerprint density at radius 1 is 1.47 bits per heavy atom. The van der Waals surface area contributed by atoms with Gasteiger partial charge in [0.05, 0.1) is 12.8 Å². The van der Waals surface area contributed by atoms with E-state index >= 15 is 0 Å². The van der Waals surface area contributed by atoms with Gasteiger partial charge in [0.25, 0.3) is 0 Å². The Labute approximate surface area is 110 Å². The van der Waals surface area contributed by atoms with E-state index in [0.29, 0.717) is 11.4 Å². The van der Waals surface area contributed by atoms with Crippen molar-refractivity contribution in [2.24, 2.45) is 0 Å². The first-order valence-electron chi connectivity index (χ1n) is 5.66. The number of rotatable bonds is 4. The second-order valence-corrected chi connectivity index (χ2v) is 3.92. The van der Waals surface area contributed by atoms with Gasteiger partial charge in [0.15, 0.2) is 0 Å². The van der Waals surface area contributed by atoms with Crippen molar-refractivity contribution in [3.8, 4) is 5.75 Å². The molecule has 0 atom stereocenters. The molecule has 1 aromatic carbocycles. The van der Waals surface area contributed by atoms with E-state index in [1.807, 2.05) is 18.2 Å². The minimum atomic E-state index is -0.144. The third kappa shape index (κ3) is 2.82. The van der Waals surface area contributed by atoms with Crippen molar-refractivity contribution in [3.05, 3.63) is 30.6 Å². The number of nitrogens with two attached hydrogens (primary N) is 1. The summed E-state index contributed by atoms with van der Waals surface area (Å²) in [4.78, 5) is 17.4. The number of amides is 1. The molecule has 2 rings (SSSR count). The molecule has 1 aromatic heterocycles. The van der Waals surface area contributed by atoms with Gasteiger partial charge in [-0.2, -0.15) is 0 Å². The number of nitrogen functional groups attached to an aromatic ring is 1. The van der Waals surface area contributed by atoms with Crippen LogP contribution in [0.5, 0.6) is 5.75 Å². The number of carbonyl (C=O) groups excluding carboxylic acids is 1. The highest BCUT2D eigenvalue weighted by molar-refractivity contribution is 5.94. The van der Waals surface area contributed by atoms with Gasteiger partial charge >= 0.3 is 0 Å². The molecular weight excluding hydrogens is 246 g/mol. The van der Waals surface area contributed by atoms with Crippen LogP contribution in [0, 0.1) is 0 Å². The van der Waals surface area contributed by atoms with Gasteiger partial charge in [-0.15, -0.1) is 5.10 Å². The van der Waals surface area contributed by atoms with Crippen molar-refractivity contribution in [1.82, 2.24) is 14.8 Å². The average Bonchev–Trinajstić information content (AvgIpc) is 2.83. The summed E-state index contributed by atoms with van der Waals surface area (Å²) in [7, 11) is 3.25. The SMILES string of the molecule is COc1ccccc1N(C)C(=O)Cn1cnc(N)n1. The number of aromatic nitrogens is 3. The number of benzene rings is 1. The molecule has 0 aliphatic heterocycles. The normalized spacial score (nSPS) is 10.2. The summed E-state index contributed by atoms with van der Waals surface area (Å²) in [5, 5.41) is 3.87. The van der Waals surface area contributed by atoms with Crippen molar-refractivity contribution < 1.29 is 9.53 Å². The third-order valence-electron chi connectivity index (χ3n) is 2.67. The number of nitrogens with zero attached hydrogens (tertiary/aromatic N) is 4. The molecule has 7 heteroatoms. The van der Waals surface area contributed by atoms with Crippen LogP contribution in [0.1, 0.15) is 0 Å². The maximum absolute atomic E-state index is 12.1. The first-order chi connectivity index (χ1) is 9.11. The van der Waals surface area contributed by atoms with Gasteiger partial charge in [-0.25, -0.2) is 9.67 Å². The van der Waals surface area contributed by atoms with E-state index in [-0.39, 0.29) is 18.4 Å². The molecule has 0 bridgehead atoms. The fourth-order valence-electron chi connectivity index (χ4n) is 1.67. The predicted octanol–water partition coefficient (Wildman–Crippen LogP) is 0.532. The van der Waals surface area contributed by atoms with Crippen molar-refractivity contribution >= 4 is 17.5 Å². The van der Waals surface area contributed by atoms with Crippen LogP contribution < -0.4 is 15.4 Å². The largest absolute Gasteiger partial charge is 0.495 e. The van der Waals surface area contributed by atoms with Gasteiger partial charge in [-0.05, 0) is 12.1 Å². The van der Waals surface area contributed by atoms with E-state index in [2.05, 4.69) is 10.1 Å². The summed E-state index contributed by atoms with van der Waals surface area (Å²) in [6.45, 7) is 0.0682. The fourth-order valence-corrected chi connectivity index (χ4v) is 1.67. The number of hydrogen-bond donors (Lipinski definition) is 1. The van der Waals surface area contributed by atoms with Crippen LogP contribution in [-0.2, 0) is 11.3 Å². The first kappa shape index (κ1) is 12.9. The smallest absolute Gasteiger partial charge is 0.248 e. The topological polar surface area (TPSA) is 86.3 Å². The highest BCUT2D eigenvalue weighted by atomic mass is 16.5. The van der Waals surface area contributed by atoms with Gasteiger partial charge in [-0.1, -0.05) is 12.1 Å².